The first-order valence-electron chi connectivity index (χ1n) is 9.05. The Bertz CT molecular complexity index is 316. The zero-order valence-corrected chi connectivity index (χ0v) is 13.7. The number of hydrogen-bond donors (Lipinski definition) is 1. The molecule has 3 fully saturated rings. The van der Waals surface area contributed by atoms with E-state index in [1.54, 1.807) is 0 Å². The summed E-state index contributed by atoms with van der Waals surface area (Å²) in [7, 11) is 0. The number of piperazine rings is 1. The maximum atomic E-state index is 6.25. The first kappa shape index (κ1) is 15.7. The molecule has 0 amide bonds. The molecule has 2 unspecified atom stereocenters. The fraction of sp³-hybridized carbons (Fsp3) is 1.00. The second-order valence-electron chi connectivity index (χ2n) is 7.40. The molecule has 1 spiro atoms. The Morgan fingerprint density at radius 2 is 1.86 bits per heavy atom. The van der Waals surface area contributed by atoms with Crippen LogP contribution in [-0.2, 0) is 4.74 Å². The maximum Gasteiger partial charge on any atom is 0.0697 e. The lowest BCUT2D eigenvalue weighted by molar-refractivity contribution is -0.127. The van der Waals surface area contributed by atoms with Crippen LogP contribution in [0.5, 0.6) is 0 Å². The summed E-state index contributed by atoms with van der Waals surface area (Å²) in [6.07, 6.45) is 9.25. The summed E-state index contributed by atoms with van der Waals surface area (Å²) in [6, 6.07) is 1.29. The van der Waals surface area contributed by atoms with Crippen LogP contribution in [0.15, 0.2) is 0 Å². The van der Waals surface area contributed by atoms with E-state index in [0.717, 1.165) is 19.2 Å². The Morgan fingerprint density at radius 1 is 1.14 bits per heavy atom. The molecule has 1 saturated carbocycles. The van der Waals surface area contributed by atoms with Crippen molar-refractivity contribution in [3.05, 3.63) is 0 Å². The van der Waals surface area contributed by atoms with Gasteiger partial charge in [0.2, 0.25) is 0 Å². The van der Waals surface area contributed by atoms with E-state index in [1.807, 2.05) is 0 Å². The van der Waals surface area contributed by atoms with Crippen LogP contribution < -0.4 is 5.73 Å². The van der Waals surface area contributed by atoms with E-state index < -0.39 is 0 Å². The van der Waals surface area contributed by atoms with Crippen molar-refractivity contribution in [2.75, 3.05) is 39.3 Å². The van der Waals surface area contributed by atoms with E-state index in [9.17, 15) is 0 Å². The number of ether oxygens (including phenoxy) is 1. The quantitative estimate of drug-likeness (QED) is 0.862. The lowest BCUT2D eigenvalue weighted by Crippen LogP contribution is -2.57. The highest BCUT2D eigenvalue weighted by atomic mass is 16.5. The van der Waals surface area contributed by atoms with Crippen molar-refractivity contribution in [2.45, 2.75) is 69.6 Å². The van der Waals surface area contributed by atoms with Gasteiger partial charge in [0.15, 0.2) is 0 Å². The molecule has 0 radical (unpaired) electrons. The molecular formula is C17H33N3O. The number of nitrogens with zero attached hydrogens (tertiary/aromatic N) is 2. The molecular weight excluding hydrogens is 262 g/mol. The highest BCUT2D eigenvalue weighted by Crippen LogP contribution is 2.39. The van der Waals surface area contributed by atoms with Gasteiger partial charge < -0.3 is 10.5 Å². The highest BCUT2D eigenvalue weighted by Gasteiger charge is 2.40. The van der Waals surface area contributed by atoms with Crippen molar-refractivity contribution in [3.63, 3.8) is 0 Å². The van der Waals surface area contributed by atoms with Gasteiger partial charge in [-0.05, 0) is 32.6 Å². The third-order valence-electron chi connectivity index (χ3n) is 6.06. The van der Waals surface area contributed by atoms with Crippen molar-refractivity contribution in [1.29, 1.82) is 0 Å². The second-order valence-corrected chi connectivity index (χ2v) is 7.40. The number of hydrogen-bond acceptors (Lipinski definition) is 4. The Balaban J connectivity index is 1.53. The van der Waals surface area contributed by atoms with Gasteiger partial charge in [-0.15, -0.1) is 0 Å². The summed E-state index contributed by atoms with van der Waals surface area (Å²) >= 11 is 0. The summed E-state index contributed by atoms with van der Waals surface area (Å²) in [5.41, 5.74) is 6.04. The van der Waals surface area contributed by atoms with Crippen molar-refractivity contribution >= 4 is 0 Å². The summed E-state index contributed by atoms with van der Waals surface area (Å²) in [6.45, 7) is 8.80. The molecule has 0 bridgehead atoms. The molecule has 2 saturated heterocycles. The SMILES string of the molecule is CC(CN)N1CCN(C2CCOC3(CCCCC3)C2)CC1. The molecule has 3 aliphatic rings. The van der Waals surface area contributed by atoms with Gasteiger partial charge in [0, 0.05) is 51.4 Å². The van der Waals surface area contributed by atoms with Crippen molar-refractivity contribution in [2.24, 2.45) is 5.73 Å². The van der Waals surface area contributed by atoms with Crippen LogP contribution in [0.25, 0.3) is 0 Å². The molecule has 4 heteroatoms. The van der Waals surface area contributed by atoms with Crippen LogP contribution in [0, 0.1) is 0 Å². The topological polar surface area (TPSA) is 41.7 Å². The minimum Gasteiger partial charge on any atom is -0.375 e. The van der Waals surface area contributed by atoms with Gasteiger partial charge >= 0.3 is 0 Å². The van der Waals surface area contributed by atoms with Crippen molar-refractivity contribution in [3.8, 4) is 0 Å². The molecule has 2 atom stereocenters. The average Bonchev–Trinajstić information content (AvgIpc) is 2.55. The molecule has 2 heterocycles. The van der Waals surface area contributed by atoms with Crippen LogP contribution >= 0.6 is 0 Å². The third-order valence-corrected chi connectivity index (χ3v) is 6.06. The normalized spacial score (nSPS) is 33.1. The second kappa shape index (κ2) is 6.95. The van der Waals surface area contributed by atoms with Crippen LogP contribution in [0.3, 0.4) is 0 Å². The maximum absolute atomic E-state index is 6.25. The Hall–Kier alpha value is -0.160. The predicted molar refractivity (Wildman–Crippen MR) is 86.5 cm³/mol. The molecule has 0 aromatic rings. The van der Waals surface area contributed by atoms with Gasteiger partial charge in [-0.1, -0.05) is 19.3 Å². The van der Waals surface area contributed by atoms with Crippen molar-refractivity contribution in [1.82, 2.24) is 9.80 Å². The molecule has 0 aromatic carbocycles. The zero-order valence-electron chi connectivity index (χ0n) is 13.7. The van der Waals surface area contributed by atoms with E-state index in [1.165, 1.54) is 71.1 Å². The Morgan fingerprint density at radius 3 is 2.52 bits per heavy atom. The molecule has 122 valence electrons. The van der Waals surface area contributed by atoms with Gasteiger partial charge in [-0.2, -0.15) is 0 Å². The standard InChI is InChI=1S/C17H33N3O/c1-15(14-18)19-8-10-20(11-9-19)16-5-12-21-17(13-16)6-3-2-4-7-17/h15-16H,2-14,18H2,1H3. The van der Waals surface area contributed by atoms with Gasteiger partial charge in [0.1, 0.15) is 0 Å². The van der Waals surface area contributed by atoms with Crippen molar-refractivity contribution < 1.29 is 4.74 Å². The van der Waals surface area contributed by atoms with E-state index >= 15 is 0 Å². The van der Waals surface area contributed by atoms with Crippen LogP contribution in [0.1, 0.15) is 51.9 Å². The van der Waals surface area contributed by atoms with E-state index in [2.05, 4.69) is 16.7 Å². The largest absolute Gasteiger partial charge is 0.375 e. The summed E-state index contributed by atoms with van der Waals surface area (Å²) in [5.74, 6) is 0. The smallest absolute Gasteiger partial charge is 0.0697 e. The highest BCUT2D eigenvalue weighted by molar-refractivity contribution is 4.94. The Kier molecular flexibility index (Phi) is 5.20. The minimum atomic E-state index is 0.239. The summed E-state index contributed by atoms with van der Waals surface area (Å²) < 4.78 is 6.25. The van der Waals surface area contributed by atoms with Gasteiger partial charge in [0.25, 0.3) is 0 Å². The first-order chi connectivity index (χ1) is 10.2. The fourth-order valence-corrected chi connectivity index (χ4v) is 4.55. The molecule has 2 N–H and O–H groups in total. The van der Waals surface area contributed by atoms with Crippen LogP contribution in [0.4, 0.5) is 0 Å². The monoisotopic (exact) mass is 295 g/mol. The summed E-state index contributed by atoms with van der Waals surface area (Å²) in [5, 5.41) is 0. The van der Waals surface area contributed by atoms with E-state index in [-0.39, 0.29) is 5.60 Å². The molecule has 2 aliphatic heterocycles. The third kappa shape index (κ3) is 3.61. The van der Waals surface area contributed by atoms with Gasteiger partial charge in [0.05, 0.1) is 5.60 Å². The van der Waals surface area contributed by atoms with Crippen LogP contribution in [0.2, 0.25) is 0 Å². The minimum absolute atomic E-state index is 0.239. The average molecular weight is 295 g/mol. The lowest BCUT2D eigenvalue weighted by atomic mass is 9.78. The Labute approximate surface area is 130 Å². The summed E-state index contributed by atoms with van der Waals surface area (Å²) in [4.78, 5) is 5.28. The molecule has 1 aliphatic carbocycles. The first-order valence-corrected chi connectivity index (χ1v) is 9.05. The number of rotatable bonds is 3. The number of nitrogens with two attached hydrogens (primary N) is 1. The van der Waals surface area contributed by atoms with E-state index in [0.29, 0.717) is 6.04 Å². The van der Waals surface area contributed by atoms with E-state index in [4.69, 9.17) is 10.5 Å². The molecule has 21 heavy (non-hydrogen) atoms. The fourth-order valence-electron chi connectivity index (χ4n) is 4.55. The zero-order chi connectivity index (χ0) is 14.7. The van der Waals surface area contributed by atoms with Gasteiger partial charge in [-0.3, -0.25) is 9.80 Å². The van der Waals surface area contributed by atoms with Crippen LogP contribution in [-0.4, -0.2) is 66.8 Å². The molecule has 4 nitrogen and oxygen atoms in total. The lowest BCUT2D eigenvalue weighted by Gasteiger charge is -2.48. The molecule has 3 rings (SSSR count). The van der Waals surface area contributed by atoms with Gasteiger partial charge in [-0.25, -0.2) is 0 Å². The predicted octanol–water partition coefficient (Wildman–Crippen LogP) is 1.83. The molecule has 0 aromatic heterocycles.